The molecular formula is C27H22O6. The molecule has 0 amide bonds. The molecule has 4 rings (SSSR count). The van der Waals surface area contributed by atoms with Crippen LogP contribution in [-0.2, 0) is 0 Å². The fraction of sp³-hybridized carbons (Fsp3) is 0.111. The molecule has 1 aliphatic rings. The summed E-state index contributed by atoms with van der Waals surface area (Å²) >= 11 is 0. The van der Waals surface area contributed by atoms with Crippen LogP contribution in [0.2, 0.25) is 0 Å². The Labute approximate surface area is 191 Å². The van der Waals surface area contributed by atoms with Crippen LogP contribution in [0.3, 0.4) is 0 Å². The van der Waals surface area contributed by atoms with Gasteiger partial charge in [0.05, 0.1) is 25.3 Å². The maximum atomic E-state index is 12.7. The minimum Gasteiger partial charge on any atom is -0.493 e. The Balaban J connectivity index is 1.54. The lowest BCUT2D eigenvalue weighted by atomic mass is 10.1. The second-order valence-corrected chi connectivity index (χ2v) is 7.26. The van der Waals surface area contributed by atoms with Gasteiger partial charge in [0.25, 0.3) is 0 Å². The standard InChI is InChI=1S/C27H22O6/c1-17-21(33-27(29)19-12-14-22(30-2)24(16-19)31-3)15-13-20-25(28)23(32-26(17)20)11-7-10-18-8-5-4-6-9-18/h4-16H,1-3H3/b10-7+,23-11-. The van der Waals surface area contributed by atoms with Crippen LogP contribution < -0.4 is 18.9 Å². The molecule has 0 spiro atoms. The summed E-state index contributed by atoms with van der Waals surface area (Å²) in [5.41, 5.74) is 2.30. The van der Waals surface area contributed by atoms with Crippen LogP contribution in [0.4, 0.5) is 0 Å². The summed E-state index contributed by atoms with van der Waals surface area (Å²) in [6, 6.07) is 17.7. The second kappa shape index (κ2) is 9.44. The van der Waals surface area contributed by atoms with Gasteiger partial charge in [0.1, 0.15) is 11.5 Å². The average Bonchev–Trinajstić information content (AvgIpc) is 3.17. The van der Waals surface area contributed by atoms with Crippen molar-refractivity contribution in [1.29, 1.82) is 0 Å². The molecule has 0 atom stereocenters. The van der Waals surface area contributed by atoms with Crippen LogP contribution in [0.25, 0.3) is 6.08 Å². The molecule has 1 heterocycles. The molecule has 0 N–H and O–H groups in total. The summed E-state index contributed by atoms with van der Waals surface area (Å²) in [6.07, 6.45) is 5.28. The van der Waals surface area contributed by atoms with Gasteiger partial charge in [-0.1, -0.05) is 42.5 Å². The van der Waals surface area contributed by atoms with Gasteiger partial charge >= 0.3 is 5.97 Å². The van der Waals surface area contributed by atoms with Gasteiger partial charge < -0.3 is 18.9 Å². The first-order chi connectivity index (χ1) is 16.0. The number of allylic oxidation sites excluding steroid dienone is 3. The van der Waals surface area contributed by atoms with E-state index in [-0.39, 0.29) is 11.5 Å². The van der Waals surface area contributed by atoms with Crippen molar-refractivity contribution >= 4 is 17.8 Å². The van der Waals surface area contributed by atoms with E-state index in [0.717, 1.165) is 5.56 Å². The number of benzene rings is 3. The summed E-state index contributed by atoms with van der Waals surface area (Å²) in [5, 5.41) is 0. The Morgan fingerprint density at radius 3 is 2.36 bits per heavy atom. The van der Waals surface area contributed by atoms with E-state index < -0.39 is 5.97 Å². The third-order valence-corrected chi connectivity index (χ3v) is 5.19. The summed E-state index contributed by atoms with van der Waals surface area (Å²) in [5.74, 6) is 1.05. The first-order valence-electron chi connectivity index (χ1n) is 10.3. The van der Waals surface area contributed by atoms with Crippen molar-refractivity contribution in [3.8, 4) is 23.0 Å². The highest BCUT2D eigenvalue weighted by atomic mass is 16.5. The minimum atomic E-state index is -0.565. The fourth-order valence-corrected chi connectivity index (χ4v) is 3.43. The summed E-state index contributed by atoms with van der Waals surface area (Å²) in [7, 11) is 3.01. The third-order valence-electron chi connectivity index (χ3n) is 5.19. The molecule has 6 heteroatoms. The lowest BCUT2D eigenvalue weighted by Crippen LogP contribution is -2.10. The Morgan fingerprint density at radius 1 is 0.909 bits per heavy atom. The molecule has 0 radical (unpaired) electrons. The quantitative estimate of drug-likeness (QED) is 0.289. The number of ether oxygens (including phenoxy) is 4. The summed E-state index contributed by atoms with van der Waals surface area (Å²) < 4.78 is 21.8. The number of hydrogen-bond donors (Lipinski definition) is 0. The molecular weight excluding hydrogens is 420 g/mol. The van der Waals surface area contributed by atoms with Gasteiger partial charge in [-0.2, -0.15) is 0 Å². The second-order valence-electron chi connectivity index (χ2n) is 7.26. The first-order valence-corrected chi connectivity index (χ1v) is 10.3. The van der Waals surface area contributed by atoms with Crippen LogP contribution in [-0.4, -0.2) is 26.0 Å². The first kappa shape index (κ1) is 21.9. The van der Waals surface area contributed by atoms with Crippen molar-refractivity contribution in [3.63, 3.8) is 0 Å². The molecule has 0 aromatic heterocycles. The average molecular weight is 442 g/mol. The van der Waals surface area contributed by atoms with Crippen LogP contribution >= 0.6 is 0 Å². The molecule has 1 aliphatic heterocycles. The summed E-state index contributed by atoms with van der Waals surface area (Å²) in [4.78, 5) is 25.4. The number of carbonyl (C=O) groups excluding carboxylic acids is 2. The Morgan fingerprint density at radius 2 is 1.64 bits per heavy atom. The van der Waals surface area contributed by atoms with Crippen molar-refractivity contribution in [2.75, 3.05) is 14.2 Å². The predicted molar refractivity (Wildman–Crippen MR) is 124 cm³/mol. The summed E-state index contributed by atoms with van der Waals surface area (Å²) in [6.45, 7) is 1.74. The maximum absolute atomic E-state index is 12.7. The van der Waals surface area contributed by atoms with Crippen molar-refractivity contribution in [2.24, 2.45) is 0 Å². The van der Waals surface area contributed by atoms with E-state index in [2.05, 4.69) is 0 Å². The Hall–Kier alpha value is -4.32. The highest BCUT2D eigenvalue weighted by molar-refractivity contribution is 6.13. The number of hydrogen-bond acceptors (Lipinski definition) is 6. The van der Waals surface area contributed by atoms with E-state index in [1.807, 2.05) is 36.4 Å². The third kappa shape index (κ3) is 4.50. The van der Waals surface area contributed by atoms with Gasteiger partial charge in [-0.3, -0.25) is 4.79 Å². The molecule has 0 aliphatic carbocycles. The number of rotatable bonds is 6. The topological polar surface area (TPSA) is 71.1 Å². The molecule has 3 aromatic rings. The lowest BCUT2D eigenvalue weighted by molar-refractivity contribution is 0.0732. The molecule has 33 heavy (non-hydrogen) atoms. The lowest BCUT2D eigenvalue weighted by Gasteiger charge is -2.12. The van der Waals surface area contributed by atoms with E-state index in [0.29, 0.717) is 39.7 Å². The maximum Gasteiger partial charge on any atom is 0.343 e. The van der Waals surface area contributed by atoms with E-state index in [9.17, 15) is 9.59 Å². The smallest absolute Gasteiger partial charge is 0.343 e. The van der Waals surface area contributed by atoms with Crippen LogP contribution in [0.15, 0.2) is 78.6 Å². The van der Waals surface area contributed by atoms with Crippen LogP contribution in [0, 0.1) is 6.92 Å². The molecule has 0 saturated carbocycles. The monoisotopic (exact) mass is 442 g/mol. The molecule has 0 bridgehead atoms. The normalized spacial score (nSPS) is 13.7. The van der Waals surface area contributed by atoms with Crippen molar-refractivity contribution < 1.29 is 28.5 Å². The Bertz CT molecular complexity index is 1270. The van der Waals surface area contributed by atoms with E-state index in [1.54, 1.807) is 49.4 Å². The number of Topliss-reactive ketones (excluding diaryl/α,β-unsaturated/α-hetero) is 1. The molecule has 3 aromatic carbocycles. The van der Waals surface area contributed by atoms with Crippen molar-refractivity contribution in [1.82, 2.24) is 0 Å². The highest BCUT2D eigenvalue weighted by Gasteiger charge is 2.30. The number of fused-ring (bicyclic) bond motifs is 1. The van der Waals surface area contributed by atoms with Crippen molar-refractivity contribution in [2.45, 2.75) is 6.92 Å². The van der Waals surface area contributed by atoms with E-state index in [4.69, 9.17) is 18.9 Å². The van der Waals surface area contributed by atoms with Gasteiger partial charge in [0.2, 0.25) is 5.78 Å². The number of ketones is 1. The highest BCUT2D eigenvalue weighted by Crippen LogP contribution is 2.39. The zero-order valence-corrected chi connectivity index (χ0v) is 18.5. The van der Waals surface area contributed by atoms with Crippen molar-refractivity contribution in [3.05, 3.63) is 101 Å². The minimum absolute atomic E-state index is 0.212. The van der Waals surface area contributed by atoms with Gasteiger partial charge in [0, 0.05) is 5.56 Å². The van der Waals surface area contributed by atoms with Gasteiger partial charge in [-0.25, -0.2) is 4.79 Å². The largest absolute Gasteiger partial charge is 0.493 e. The molecule has 0 unspecified atom stereocenters. The van der Waals surface area contributed by atoms with Crippen LogP contribution in [0.5, 0.6) is 23.0 Å². The number of esters is 1. The molecule has 166 valence electrons. The zero-order valence-electron chi connectivity index (χ0n) is 18.5. The fourth-order valence-electron chi connectivity index (χ4n) is 3.43. The number of carbonyl (C=O) groups is 2. The van der Waals surface area contributed by atoms with Gasteiger partial charge in [-0.05, 0) is 48.9 Å². The Kier molecular flexibility index (Phi) is 6.26. The number of methoxy groups -OCH3 is 2. The molecule has 0 saturated heterocycles. The van der Waals surface area contributed by atoms with E-state index >= 15 is 0 Å². The molecule has 6 nitrogen and oxygen atoms in total. The zero-order chi connectivity index (χ0) is 23.4. The van der Waals surface area contributed by atoms with E-state index in [1.165, 1.54) is 14.2 Å². The predicted octanol–water partition coefficient (Wildman–Crippen LogP) is 5.40. The van der Waals surface area contributed by atoms with Gasteiger partial charge in [0.15, 0.2) is 17.3 Å². The molecule has 0 fully saturated rings. The van der Waals surface area contributed by atoms with Crippen LogP contribution in [0.1, 0.15) is 31.8 Å². The SMILES string of the molecule is COc1ccc(C(=O)Oc2ccc3c(c2C)O/C(=C\C=C\c2ccccc2)C3=O)cc1OC. The van der Waals surface area contributed by atoms with Gasteiger partial charge in [-0.15, -0.1) is 0 Å².